The van der Waals surface area contributed by atoms with Crippen LogP contribution in [-0.2, 0) is 16.1 Å². The van der Waals surface area contributed by atoms with Gasteiger partial charge in [-0.15, -0.1) is 0 Å². The number of hydrogen-bond acceptors (Lipinski definition) is 6. The molecule has 34 heavy (non-hydrogen) atoms. The number of carboxylic acids is 1. The number of aliphatic carboxylic acids is 1. The lowest BCUT2D eigenvalue weighted by molar-refractivity contribution is -0.139. The van der Waals surface area contributed by atoms with Crippen LogP contribution in [0.4, 0.5) is 4.39 Å². The van der Waals surface area contributed by atoms with Gasteiger partial charge in [0, 0.05) is 44.3 Å². The molecule has 0 saturated carbocycles. The third-order valence-corrected chi connectivity index (χ3v) is 5.96. The maximum absolute atomic E-state index is 13.2. The van der Waals surface area contributed by atoms with Crippen LogP contribution in [0.2, 0.25) is 5.02 Å². The first-order valence-corrected chi connectivity index (χ1v) is 11.3. The Bertz CT molecular complexity index is 1050. The molecule has 8 nitrogen and oxygen atoms in total. The predicted molar refractivity (Wildman–Crippen MR) is 123 cm³/mol. The first-order chi connectivity index (χ1) is 16.1. The number of ketones is 1. The molecule has 2 heterocycles. The highest BCUT2D eigenvalue weighted by Crippen LogP contribution is 2.23. The second kappa shape index (κ2) is 11.4. The van der Waals surface area contributed by atoms with Gasteiger partial charge in [-0.3, -0.25) is 19.3 Å². The molecule has 0 bridgehead atoms. The van der Waals surface area contributed by atoms with Crippen molar-refractivity contribution in [1.29, 1.82) is 0 Å². The van der Waals surface area contributed by atoms with E-state index in [1.54, 1.807) is 17.0 Å². The number of pyridine rings is 1. The van der Waals surface area contributed by atoms with E-state index in [0.717, 1.165) is 5.56 Å². The highest BCUT2D eigenvalue weighted by molar-refractivity contribution is 6.30. The molecule has 0 radical (unpaired) electrons. The molecule has 1 aromatic carbocycles. The number of halogens is 2. The van der Waals surface area contributed by atoms with Crippen molar-refractivity contribution in [2.24, 2.45) is 0 Å². The van der Waals surface area contributed by atoms with E-state index in [0.29, 0.717) is 19.6 Å². The lowest BCUT2D eigenvalue weighted by Crippen LogP contribution is -2.58. The van der Waals surface area contributed by atoms with Gasteiger partial charge in [0.2, 0.25) is 5.88 Å². The molecule has 1 aromatic heterocycles. The third kappa shape index (κ3) is 6.74. The Kier molecular flexibility index (Phi) is 8.57. The summed E-state index contributed by atoms with van der Waals surface area (Å²) in [4.78, 5) is 44.1. The molecular formula is C24H27ClFN3O5. The number of carboxylic acid groups (broad SMARTS) is 1. The molecule has 182 valence electrons. The van der Waals surface area contributed by atoms with Crippen molar-refractivity contribution in [3.63, 3.8) is 0 Å². The van der Waals surface area contributed by atoms with Crippen LogP contribution >= 0.6 is 11.6 Å². The lowest BCUT2D eigenvalue weighted by atomic mass is 10.1. The van der Waals surface area contributed by atoms with Crippen molar-refractivity contribution in [2.75, 3.05) is 19.7 Å². The quantitative estimate of drug-likeness (QED) is 0.536. The molecule has 10 heteroatoms. The number of Topliss-reactive ketones (excluding diaryl/α,β-unsaturated/α-hetero) is 1. The van der Waals surface area contributed by atoms with Crippen LogP contribution in [0.5, 0.6) is 5.88 Å². The minimum Gasteiger partial charge on any atom is -0.481 e. The summed E-state index contributed by atoms with van der Waals surface area (Å²) < 4.78 is 18.7. The zero-order valence-corrected chi connectivity index (χ0v) is 19.8. The number of nitrogens with zero attached hydrogens (tertiary/aromatic N) is 3. The van der Waals surface area contributed by atoms with E-state index in [2.05, 4.69) is 9.88 Å². The molecule has 2 atom stereocenters. The fourth-order valence-electron chi connectivity index (χ4n) is 3.90. The normalized spacial score (nSPS) is 18.5. The van der Waals surface area contributed by atoms with Crippen molar-refractivity contribution >= 4 is 29.3 Å². The topological polar surface area (TPSA) is 100 Å². The molecule has 1 saturated heterocycles. The van der Waals surface area contributed by atoms with Gasteiger partial charge >= 0.3 is 5.97 Å². The first kappa shape index (κ1) is 25.6. The summed E-state index contributed by atoms with van der Waals surface area (Å²) in [5, 5.41) is 9.02. The van der Waals surface area contributed by atoms with Gasteiger partial charge in [-0.25, -0.2) is 9.37 Å². The van der Waals surface area contributed by atoms with Gasteiger partial charge in [-0.05, 0) is 37.6 Å². The Labute approximate surface area is 202 Å². The number of hydrogen-bond donors (Lipinski definition) is 1. The number of carbonyl (C=O) groups excluding carboxylic acids is 2. The Balaban J connectivity index is 1.60. The number of piperazine rings is 1. The van der Waals surface area contributed by atoms with E-state index in [1.807, 2.05) is 13.8 Å². The Morgan fingerprint density at radius 2 is 1.85 bits per heavy atom. The molecule has 2 aromatic rings. The zero-order chi connectivity index (χ0) is 24.8. The maximum Gasteiger partial charge on any atom is 0.303 e. The first-order valence-electron chi connectivity index (χ1n) is 11.0. The molecule has 0 spiro atoms. The summed E-state index contributed by atoms with van der Waals surface area (Å²) >= 11 is 5.94. The van der Waals surface area contributed by atoms with Gasteiger partial charge in [0.05, 0.1) is 17.0 Å². The smallest absolute Gasteiger partial charge is 0.303 e. The molecule has 1 aliphatic rings. The van der Waals surface area contributed by atoms with Crippen LogP contribution in [0.25, 0.3) is 0 Å². The number of benzene rings is 1. The lowest BCUT2D eigenvalue weighted by Gasteiger charge is -2.44. The minimum absolute atomic E-state index is 0.0482. The van der Waals surface area contributed by atoms with Gasteiger partial charge in [0.15, 0.2) is 12.4 Å². The van der Waals surface area contributed by atoms with Crippen LogP contribution in [0.15, 0.2) is 36.5 Å². The number of carbonyl (C=O) groups is 3. The monoisotopic (exact) mass is 491 g/mol. The van der Waals surface area contributed by atoms with Crippen LogP contribution in [-0.4, -0.2) is 69.3 Å². The van der Waals surface area contributed by atoms with Crippen molar-refractivity contribution in [3.8, 4) is 5.88 Å². The predicted octanol–water partition coefficient (Wildman–Crippen LogP) is 3.42. The molecule has 0 unspecified atom stereocenters. The highest BCUT2D eigenvalue weighted by Gasteiger charge is 2.32. The van der Waals surface area contributed by atoms with E-state index in [4.69, 9.17) is 21.4 Å². The summed E-state index contributed by atoms with van der Waals surface area (Å²) in [6.07, 6.45) is 0.738. The molecule has 1 fully saturated rings. The summed E-state index contributed by atoms with van der Waals surface area (Å²) in [7, 11) is 0. The summed E-state index contributed by atoms with van der Waals surface area (Å²) in [5.74, 6) is -2.15. The standard InChI is InChI=1S/C24H27ClFN3O5/c1-15-12-29(16(2)11-28(15)13-17-3-5-19(26)6-4-17)22(31)14-34-24-20(9-18(25)10-27-24)21(30)7-8-23(32)33/h3-6,9-10,15-16H,7-8,11-14H2,1-2H3,(H,32,33)/t15-,16+/m0/s1. The number of amides is 1. The van der Waals surface area contributed by atoms with Crippen LogP contribution in [0.1, 0.15) is 42.6 Å². The van der Waals surface area contributed by atoms with Crippen molar-refractivity contribution in [2.45, 2.75) is 45.3 Å². The van der Waals surface area contributed by atoms with E-state index in [9.17, 15) is 18.8 Å². The number of rotatable bonds is 9. The highest BCUT2D eigenvalue weighted by atomic mass is 35.5. The summed E-state index contributed by atoms with van der Waals surface area (Å²) in [6, 6.07) is 7.74. The van der Waals surface area contributed by atoms with Gasteiger partial charge in [-0.1, -0.05) is 23.7 Å². The van der Waals surface area contributed by atoms with E-state index < -0.39 is 11.8 Å². The molecule has 1 amide bonds. The van der Waals surface area contributed by atoms with Crippen molar-refractivity contribution in [1.82, 2.24) is 14.8 Å². The Morgan fingerprint density at radius 1 is 1.15 bits per heavy atom. The van der Waals surface area contributed by atoms with Crippen LogP contribution < -0.4 is 4.74 Å². The summed E-state index contributed by atoms with van der Waals surface area (Å²) in [6.45, 7) is 5.44. The SMILES string of the molecule is C[C@@H]1CN(Cc2ccc(F)cc2)[C@@H](C)CN1C(=O)COc1ncc(Cl)cc1C(=O)CCC(=O)O. The van der Waals surface area contributed by atoms with E-state index in [-0.39, 0.29) is 59.7 Å². The van der Waals surface area contributed by atoms with Gasteiger partial charge in [0.1, 0.15) is 5.82 Å². The largest absolute Gasteiger partial charge is 0.481 e. The van der Waals surface area contributed by atoms with Crippen molar-refractivity contribution < 1.29 is 28.6 Å². The van der Waals surface area contributed by atoms with Gasteiger partial charge in [0.25, 0.3) is 5.91 Å². The van der Waals surface area contributed by atoms with Crippen LogP contribution in [0, 0.1) is 5.82 Å². The van der Waals surface area contributed by atoms with Gasteiger partial charge in [-0.2, -0.15) is 0 Å². The average Bonchev–Trinajstić information content (AvgIpc) is 2.80. The summed E-state index contributed by atoms with van der Waals surface area (Å²) in [5.41, 5.74) is 1.05. The van der Waals surface area contributed by atoms with Crippen LogP contribution in [0.3, 0.4) is 0 Å². The molecule has 0 aliphatic carbocycles. The number of ether oxygens (including phenoxy) is 1. The second-order valence-corrected chi connectivity index (χ2v) is 8.85. The molecule has 3 rings (SSSR count). The molecular weight excluding hydrogens is 465 g/mol. The maximum atomic E-state index is 13.2. The molecule has 1 N–H and O–H groups in total. The fraction of sp³-hybridized carbons (Fsp3) is 0.417. The van der Waals surface area contributed by atoms with Gasteiger partial charge < -0.3 is 14.7 Å². The zero-order valence-electron chi connectivity index (χ0n) is 19.0. The van der Waals surface area contributed by atoms with E-state index >= 15 is 0 Å². The fourth-order valence-corrected chi connectivity index (χ4v) is 4.06. The molecule has 1 aliphatic heterocycles. The second-order valence-electron chi connectivity index (χ2n) is 8.41. The Hall–Kier alpha value is -3.04. The van der Waals surface area contributed by atoms with Crippen molar-refractivity contribution in [3.05, 3.63) is 58.5 Å². The minimum atomic E-state index is -1.09. The third-order valence-electron chi connectivity index (χ3n) is 5.75. The Morgan fingerprint density at radius 3 is 2.53 bits per heavy atom. The number of aromatic nitrogens is 1. The average molecular weight is 492 g/mol. The van der Waals surface area contributed by atoms with E-state index in [1.165, 1.54) is 24.4 Å².